The SMILES string of the molecule is CCCOc1cc(Nc2c(C#N)cnc3cc(OC)c(OC)cc23)c(Cl)cc1Cl. The highest BCUT2D eigenvalue weighted by molar-refractivity contribution is 6.37. The highest BCUT2D eigenvalue weighted by atomic mass is 35.5. The number of nitrogens with zero attached hydrogens (tertiary/aromatic N) is 2. The van der Waals surface area contributed by atoms with Gasteiger partial charge in [0.25, 0.3) is 0 Å². The molecular weight excluding hydrogens is 413 g/mol. The van der Waals surface area contributed by atoms with Crippen molar-refractivity contribution in [1.29, 1.82) is 5.26 Å². The maximum Gasteiger partial charge on any atom is 0.162 e. The van der Waals surface area contributed by atoms with Crippen LogP contribution < -0.4 is 19.5 Å². The molecule has 3 aromatic rings. The normalized spacial score (nSPS) is 10.5. The van der Waals surface area contributed by atoms with Gasteiger partial charge in [-0.3, -0.25) is 4.98 Å². The molecule has 0 aliphatic carbocycles. The van der Waals surface area contributed by atoms with Gasteiger partial charge in [-0.15, -0.1) is 0 Å². The Morgan fingerprint density at radius 3 is 2.41 bits per heavy atom. The quantitative estimate of drug-likeness (QED) is 0.496. The topological polar surface area (TPSA) is 76.4 Å². The zero-order chi connectivity index (χ0) is 21.0. The van der Waals surface area contributed by atoms with E-state index in [0.717, 1.165) is 6.42 Å². The summed E-state index contributed by atoms with van der Waals surface area (Å²) in [6.07, 6.45) is 2.34. The summed E-state index contributed by atoms with van der Waals surface area (Å²) in [5.74, 6) is 1.58. The molecule has 0 aliphatic heterocycles. The zero-order valence-corrected chi connectivity index (χ0v) is 17.7. The number of methoxy groups -OCH3 is 2. The fourth-order valence-corrected chi connectivity index (χ4v) is 3.31. The predicted molar refractivity (Wildman–Crippen MR) is 115 cm³/mol. The van der Waals surface area contributed by atoms with Crippen molar-refractivity contribution in [2.75, 3.05) is 26.1 Å². The van der Waals surface area contributed by atoms with Crippen LogP contribution in [0.15, 0.2) is 30.5 Å². The van der Waals surface area contributed by atoms with Crippen molar-refractivity contribution < 1.29 is 14.2 Å². The van der Waals surface area contributed by atoms with Crippen molar-refractivity contribution in [3.8, 4) is 23.3 Å². The number of fused-ring (bicyclic) bond motifs is 1. The van der Waals surface area contributed by atoms with Crippen LogP contribution in [0, 0.1) is 11.3 Å². The highest BCUT2D eigenvalue weighted by Gasteiger charge is 2.16. The summed E-state index contributed by atoms with van der Waals surface area (Å²) in [7, 11) is 3.10. The summed E-state index contributed by atoms with van der Waals surface area (Å²) in [6.45, 7) is 2.53. The molecule has 29 heavy (non-hydrogen) atoms. The van der Waals surface area contributed by atoms with E-state index < -0.39 is 0 Å². The minimum absolute atomic E-state index is 0.353. The molecule has 0 radical (unpaired) electrons. The van der Waals surface area contributed by atoms with Crippen molar-refractivity contribution >= 4 is 45.5 Å². The van der Waals surface area contributed by atoms with Crippen LogP contribution in [-0.4, -0.2) is 25.8 Å². The molecule has 0 saturated carbocycles. The summed E-state index contributed by atoms with van der Waals surface area (Å²) in [6, 6.07) is 9.00. The lowest BCUT2D eigenvalue weighted by molar-refractivity contribution is 0.318. The maximum atomic E-state index is 9.60. The zero-order valence-electron chi connectivity index (χ0n) is 16.2. The number of rotatable bonds is 7. The van der Waals surface area contributed by atoms with Gasteiger partial charge in [0.2, 0.25) is 0 Å². The molecule has 1 aromatic heterocycles. The van der Waals surface area contributed by atoms with E-state index in [1.165, 1.54) is 6.20 Å². The number of benzene rings is 2. The monoisotopic (exact) mass is 431 g/mol. The van der Waals surface area contributed by atoms with E-state index in [9.17, 15) is 5.26 Å². The van der Waals surface area contributed by atoms with Crippen LogP contribution in [-0.2, 0) is 0 Å². The average Bonchev–Trinajstić information content (AvgIpc) is 2.73. The summed E-state index contributed by atoms with van der Waals surface area (Å²) in [5.41, 5.74) is 2.09. The molecule has 3 rings (SSSR count). The number of aromatic nitrogens is 1. The molecule has 0 unspecified atom stereocenters. The van der Waals surface area contributed by atoms with Crippen LogP contribution in [0.4, 0.5) is 11.4 Å². The van der Waals surface area contributed by atoms with Crippen molar-refractivity contribution in [1.82, 2.24) is 4.98 Å². The molecule has 0 fully saturated rings. The fraction of sp³-hybridized carbons (Fsp3) is 0.238. The number of pyridine rings is 1. The summed E-state index contributed by atoms with van der Waals surface area (Å²) in [5, 5.41) is 14.3. The molecule has 150 valence electrons. The van der Waals surface area contributed by atoms with Crippen molar-refractivity contribution in [3.05, 3.63) is 46.1 Å². The van der Waals surface area contributed by atoms with E-state index in [-0.39, 0.29) is 0 Å². The van der Waals surface area contributed by atoms with Gasteiger partial charge in [-0.25, -0.2) is 0 Å². The molecule has 1 heterocycles. The first-order valence-corrected chi connectivity index (χ1v) is 9.61. The van der Waals surface area contributed by atoms with Crippen LogP contribution in [0.1, 0.15) is 18.9 Å². The van der Waals surface area contributed by atoms with Crippen LogP contribution >= 0.6 is 23.2 Å². The van der Waals surface area contributed by atoms with E-state index in [2.05, 4.69) is 16.4 Å². The van der Waals surface area contributed by atoms with Crippen LogP contribution in [0.25, 0.3) is 10.9 Å². The van der Waals surface area contributed by atoms with Crippen LogP contribution in [0.3, 0.4) is 0 Å². The second kappa shape index (κ2) is 9.08. The Hall–Kier alpha value is -2.88. The largest absolute Gasteiger partial charge is 0.493 e. The second-order valence-corrected chi connectivity index (χ2v) is 6.93. The first-order valence-electron chi connectivity index (χ1n) is 8.86. The molecule has 0 bridgehead atoms. The van der Waals surface area contributed by atoms with Crippen molar-refractivity contribution in [2.45, 2.75) is 13.3 Å². The number of halogens is 2. The lowest BCUT2D eigenvalue weighted by atomic mass is 10.1. The van der Waals surface area contributed by atoms with Crippen molar-refractivity contribution in [2.24, 2.45) is 0 Å². The lowest BCUT2D eigenvalue weighted by Gasteiger charge is -2.16. The molecule has 0 saturated heterocycles. The Morgan fingerprint density at radius 1 is 1.03 bits per heavy atom. The third-order valence-corrected chi connectivity index (χ3v) is 4.84. The van der Waals surface area contributed by atoms with Gasteiger partial charge in [-0.05, 0) is 18.6 Å². The van der Waals surface area contributed by atoms with Gasteiger partial charge in [-0.2, -0.15) is 5.26 Å². The molecule has 0 aliphatic rings. The minimum Gasteiger partial charge on any atom is -0.493 e. The molecule has 6 nitrogen and oxygen atoms in total. The van der Waals surface area contributed by atoms with Gasteiger partial charge >= 0.3 is 0 Å². The Labute approximate surface area is 178 Å². The Morgan fingerprint density at radius 2 is 1.76 bits per heavy atom. The lowest BCUT2D eigenvalue weighted by Crippen LogP contribution is -2.01. The molecule has 0 spiro atoms. The van der Waals surface area contributed by atoms with Gasteiger partial charge in [0.15, 0.2) is 11.5 Å². The summed E-state index contributed by atoms with van der Waals surface area (Å²) >= 11 is 12.6. The first-order chi connectivity index (χ1) is 14.0. The van der Waals surface area contributed by atoms with Crippen molar-refractivity contribution in [3.63, 3.8) is 0 Å². The Balaban J connectivity index is 2.15. The van der Waals surface area contributed by atoms with Gasteiger partial charge in [0.1, 0.15) is 11.8 Å². The van der Waals surface area contributed by atoms with Gasteiger partial charge < -0.3 is 19.5 Å². The molecule has 1 N–H and O–H groups in total. The van der Waals surface area contributed by atoms with Crippen LogP contribution in [0.2, 0.25) is 10.0 Å². The third-order valence-electron chi connectivity index (χ3n) is 4.24. The van der Waals surface area contributed by atoms with E-state index >= 15 is 0 Å². The minimum atomic E-state index is 0.353. The molecule has 0 amide bonds. The number of hydrogen-bond donors (Lipinski definition) is 1. The molecular formula is C21H19Cl2N3O3. The second-order valence-electron chi connectivity index (χ2n) is 6.12. The van der Waals surface area contributed by atoms with Gasteiger partial charge in [-0.1, -0.05) is 30.1 Å². The molecule has 2 aromatic carbocycles. The maximum absolute atomic E-state index is 9.60. The smallest absolute Gasteiger partial charge is 0.162 e. The van der Waals surface area contributed by atoms with Gasteiger partial charge in [0.05, 0.1) is 53.3 Å². The molecule has 0 atom stereocenters. The number of hydrogen-bond acceptors (Lipinski definition) is 6. The number of nitrogens with one attached hydrogen (secondary N) is 1. The predicted octanol–water partition coefficient (Wildman–Crippen LogP) is 5.96. The Bertz CT molecular complexity index is 1100. The number of ether oxygens (including phenoxy) is 3. The average molecular weight is 432 g/mol. The summed E-state index contributed by atoms with van der Waals surface area (Å²) < 4.78 is 16.4. The summed E-state index contributed by atoms with van der Waals surface area (Å²) in [4.78, 5) is 4.36. The van der Waals surface area contributed by atoms with E-state index in [1.807, 2.05) is 6.92 Å². The number of anilines is 2. The Kier molecular flexibility index (Phi) is 6.53. The third kappa shape index (κ3) is 4.26. The first kappa shape index (κ1) is 20.8. The van der Waals surface area contributed by atoms with E-state index in [1.54, 1.807) is 38.5 Å². The van der Waals surface area contributed by atoms with E-state index in [0.29, 0.717) is 61.7 Å². The van der Waals surface area contributed by atoms with E-state index in [4.69, 9.17) is 37.4 Å². The standard InChI is InChI=1S/C21H19Cl2N3O3/c1-4-5-29-18-9-17(14(22)7-15(18)23)26-21-12(10-24)11-25-16-8-20(28-3)19(27-2)6-13(16)21/h6-9,11H,4-5H2,1-3H3,(H,25,26). The molecule has 8 heteroatoms. The van der Waals surface area contributed by atoms with Crippen LogP contribution in [0.5, 0.6) is 17.2 Å². The number of nitriles is 1. The highest BCUT2D eigenvalue weighted by Crippen LogP contribution is 2.40. The fourth-order valence-electron chi connectivity index (χ4n) is 2.82. The van der Waals surface area contributed by atoms with Gasteiger partial charge in [0, 0.05) is 23.7 Å².